The molecule has 0 aliphatic carbocycles. The van der Waals surface area contributed by atoms with Crippen molar-refractivity contribution in [3.8, 4) is 0 Å². The molecule has 112 valence electrons. The Bertz CT molecular complexity index is 876. The Morgan fingerprint density at radius 1 is 1.18 bits per heavy atom. The summed E-state index contributed by atoms with van der Waals surface area (Å²) < 4.78 is 14.9. The first-order valence-corrected chi connectivity index (χ1v) is 8.04. The van der Waals surface area contributed by atoms with Crippen molar-refractivity contribution in [1.82, 2.24) is 9.55 Å². The lowest BCUT2D eigenvalue weighted by Gasteiger charge is -2.11. The minimum absolute atomic E-state index is 0.0326. The summed E-state index contributed by atoms with van der Waals surface area (Å²) >= 11 is 1.45. The van der Waals surface area contributed by atoms with Gasteiger partial charge in [-0.25, -0.2) is 9.37 Å². The SMILES string of the molecule is CCn1c(SCc2cccc(F)c2)nc2ccccc2c1=O. The van der Waals surface area contributed by atoms with Crippen molar-refractivity contribution < 1.29 is 4.39 Å². The number of hydrogen-bond acceptors (Lipinski definition) is 3. The zero-order valence-electron chi connectivity index (χ0n) is 12.1. The first-order valence-electron chi connectivity index (χ1n) is 7.06. The second kappa shape index (κ2) is 6.32. The Balaban J connectivity index is 1.97. The molecule has 0 saturated heterocycles. The van der Waals surface area contributed by atoms with Crippen LogP contribution in [0.4, 0.5) is 4.39 Å². The second-order valence-corrected chi connectivity index (χ2v) is 5.82. The van der Waals surface area contributed by atoms with Crippen LogP contribution in [0.1, 0.15) is 12.5 Å². The standard InChI is InChI=1S/C17H15FN2OS/c1-2-20-16(21)14-8-3-4-9-15(14)19-17(20)22-11-12-6-5-7-13(18)10-12/h3-10H,2,11H2,1H3. The molecule has 2 aromatic carbocycles. The average Bonchev–Trinajstić information content (AvgIpc) is 2.53. The normalized spacial score (nSPS) is 11.0. The predicted octanol–water partition coefficient (Wildman–Crippen LogP) is 3.85. The third-order valence-corrected chi connectivity index (χ3v) is 4.45. The summed E-state index contributed by atoms with van der Waals surface area (Å²) in [6.45, 7) is 2.48. The van der Waals surface area contributed by atoms with Crippen LogP contribution in [0.15, 0.2) is 58.5 Å². The van der Waals surface area contributed by atoms with Crippen molar-refractivity contribution in [3.63, 3.8) is 0 Å². The minimum atomic E-state index is -0.252. The number of aromatic nitrogens is 2. The van der Waals surface area contributed by atoms with Gasteiger partial charge in [0.15, 0.2) is 5.16 Å². The fraction of sp³-hybridized carbons (Fsp3) is 0.176. The van der Waals surface area contributed by atoms with Crippen LogP contribution in [0.5, 0.6) is 0 Å². The Morgan fingerprint density at radius 2 is 2.00 bits per heavy atom. The van der Waals surface area contributed by atoms with E-state index in [9.17, 15) is 9.18 Å². The van der Waals surface area contributed by atoms with Crippen LogP contribution in [-0.2, 0) is 12.3 Å². The monoisotopic (exact) mass is 314 g/mol. The van der Waals surface area contributed by atoms with E-state index in [1.165, 1.54) is 23.9 Å². The highest BCUT2D eigenvalue weighted by molar-refractivity contribution is 7.98. The van der Waals surface area contributed by atoms with Crippen molar-refractivity contribution in [1.29, 1.82) is 0 Å². The molecular formula is C17H15FN2OS. The quantitative estimate of drug-likeness (QED) is 0.542. The molecule has 0 saturated carbocycles. The van der Waals surface area contributed by atoms with Crippen LogP contribution in [0.3, 0.4) is 0 Å². The zero-order valence-corrected chi connectivity index (χ0v) is 12.9. The van der Waals surface area contributed by atoms with Crippen LogP contribution in [0.25, 0.3) is 10.9 Å². The Morgan fingerprint density at radius 3 is 2.77 bits per heavy atom. The van der Waals surface area contributed by atoms with Crippen LogP contribution in [0.2, 0.25) is 0 Å². The fourth-order valence-corrected chi connectivity index (χ4v) is 3.32. The Kier molecular flexibility index (Phi) is 4.24. The molecule has 3 aromatic rings. The molecule has 0 radical (unpaired) electrons. The first-order chi connectivity index (χ1) is 10.7. The van der Waals surface area contributed by atoms with E-state index in [0.29, 0.717) is 28.4 Å². The van der Waals surface area contributed by atoms with E-state index in [1.807, 2.05) is 31.2 Å². The highest BCUT2D eigenvalue weighted by Gasteiger charge is 2.10. The molecule has 0 aliphatic rings. The molecule has 5 heteroatoms. The maximum atomic E-state index is 13.2. The smallest absolute Gasteiger partial charge is 0.262 e. The minimum Gasteiger partial charge on any atom is -0.287 e. The average molecular weight is 314 g/mol. The maximum Gasteiger partial charge on any atom is 0.262 e. The first kappa shape index (κ1) is 14.8. The van der Waals surface area contributed by atoms with Gasteiger partial charge in [0.2, 0.25) is 0 Å². The number of fused-ring (bicyclic) bond motifs is 1. The maximum absolute atomic E-state index is 13.2. The molecule has 0 spiro atoms. The van der Waals surface area contributed by atoms with E-state index in [1.54, 1.807) is 16.7 Å². The molecular weight excluding hydrogens is 299 g/mol. The van der Waals surface area contributed by atoms with Gasteiger partial charge in [0, 0.05) is 12.3 Å². The lowest BCUT2D eigenvalue weighted by Crippen LogP contribution is -2.22. The van der Waals surface area contributed by atoms with Crippen LogP contribution < -0.4 is 5.56 Å². The summed E-state index contributed by atoms with van der Waals surface area (Å²) in [5.41, 5.74) is 1.53. The molecule has 22 heavy (non-hydrogen) atoms. The topological polar surface area (TPSA) is 34.9 Å². The van der Waals surface area contributed by atoms with Gasteiger partial charge in [-0.2, -0.15) is 0 Å². The number of benzene rings is 2. The van der Waals surface area contributed by atoms with Crippen molar-refractivity contribution >= 4 is 22.7 Å². The van der Waals surface area contributed by atoms with E-state index in [-0.39, 0.29) is 11.4 Å². The van der Waals surface area contributed by atoms with Crippen LogP contribution in [-0.4, -0.2) is 9.55 Å². The van der Waals surface area contributed by atoms with Gasteiger partial charge in [-0.15, -0.1) is 0 Å². The molecule has 1 aromatic heterocycles. The molecule has 0 aliphatic heterocycles. The molecule has 0 amide bonds. The molecule has 1 heterocycles. The van der Waals surface area contributed by atoms with E-state index >= 15 is 0 Å². The summed E-state index contributed by atoms with van der Waals surface area (Å²) in [4.78, 5) is 17.1. The van der Waals surface area contributed by atoms with Crippen molar-refractivity contribution in [2.75, 3.05) is 0 Å². The zero-order chi connectivity index (χ0) is 15.5. The molecule has 0 unspecified atom stereocenters. The molecule has 0 N–H and O–H groups in total. The molecule has 3 nitrogen and oxygen atoms in total. The number of hydrogen-bond donors (Lipinski definition) is 0. The molecule has 0 atom stereocenters. The van der Waals surface area contributed by atoms with Gasteiger partial charge in [-0.05, 0) is 36.8 Å². The molecule has 0 bridgehead atoms. The lowest BCUT2D eigenvalue weighted by molar-refractivity contribution is 0.626. The third-order valence-electron chi connectivity index (χ3n) is 3.40. The van der Waals surface area contributed by atoms with Crippen molar-refractivity contribution in [2.24, 2.45) is 0 Å². The third kappa shape index (κ3) is 2.90. The molecule has 3 rings (SSSR count). The van der Waals surface area contributed by atoms with Crippen LogP contribution >= 0.6 is 11.8 Å². The van der Waals surface area contributed by atoms with Gasteiger partial charge in [-0.1, -0.05) is 36.0 Å². The van der Waals surface area contributed by atoms with Gasteiger partial charge in [0.1, 0.15) is 5.82 Å². The summed E-state index contributed by atoms with van der Waals surface area (Å²) in [7, 11) is 0. The number of halogens is 1. The summed E-state index contributed by atoms with van der Waals surface area (Å²) in [5.74, 6) is 0.320. The largest absolute Gasteiger partial charge is 0.287 e. The highest BCUT2D eigenvalue weighted by atomic mass is 32.2. The van der Waals surface area contributed by atoms with Gasteiger partial charge >= 0.3 is 0 Å². The summed E-state index contributed by atoms with van der Waals surface area (Å²) in [6, 6.07) is 13.8. The van der Waals surface area contributed by atoms with E-state index < -0.39 is 0 Å². The van der Waals surface area contributed by atoms with Gasteiger partial charge in [0.25, 0.3) is 5.56 Å². The highest BCUT2D eigenvalue weighted by Crippen LogP contribution is 2.22. The van der Waals surface area contributed by atoms with Gasteiger partial charge < -0.3 is 0 Å². The van der Waals surface area contributed by atoms with E-state index in [0.717, 1.165) is 5.56 Å². The predicted molar refractivity (Wildman–Crippen MR) is 87.6 cm³/mol. The number of thioether (sulfide) groups is 1. The number of rotatable bonds is 4. The Labute approximate surface area is 131 Å². The van der Waals surface area contributed by atoms with Crippen LogP contribution in [0, 0.1) is 5.82 Å². The number of nitrogens with zero attached hydrogens (tertiary/aromatic N) is 2. The van der Waals surface area contributed by atoms with Gasteiger partial charge in [-0.3, -0.25) is 9.36 Å². The van der Waals surface area contributed by atoms with E-state index in [2.05, 4.69) is 4.98 Å². The lowest BCUT2D eigenvalue weighted by atomic mass is 10.2. The molecule has 0 fully saturated rings. The second-order valence-electron chi connectivity index (χ2n) is 4.88. The van der Waals surface area contributed by atoms with Crippen molar-refractivity contribution in [2.45, 2.75) is 24.4 Å². The van der Waals surface area contributed by atoms with Gasteiger partial charge in [0.05, 0.1) is 10.9 Å². The Hall–Kier alpha value is -2.14. The van der Waals surface area contributed by atoms with E-state index in [4.69, 9.17) is 0 Å². The fourth-order valence-electron chi connectivity index (χ4n) is 2.31. The summed E-state index contributed by atoms with van der Waals surface area (Å²) in [5, 5.41) is 1.29. The summed E-state index contributed by atoms with van der Waals surface area (Å²) in [6.07, 6.45) is 0. The number of para-hydroxylation sites is 1. The van der Waals surface area contributed by atoms with Crippen molar-refractivity contribution in [3.05, 3.63) is 70.3 Å².